The summed E-state index contributed by atoms with van der Waals surface area (Å²) >= 11 is 1.49. The van der Waals surface area contributed by atoms with E-state index in [1.807, 2.05) is 32.0 Å². The zero-order valence-corrected chi connectivity index (χ0v) is 21.3. The Kier molecular flexibility index (Phi) is 8.29. The van der Waals surface area contributed by atoms with Gasteiger partial charge in [0.1, 0.15) is 5.50 Å². The Morgan fingerprint density at radius 2 is 1.69 bits per heavy atom. The topological polar surface area (TPSA) is 41.1 Å². The largest absolute Gasteiger partial charge is 0.416 e. The molecule has 0 radical (unpaired) electrons. The summed E-state index contributed by atoms with van der Waals surface area (Å²) in [5, 5.41) is 6.19. The average Bonchev–Trinajstić information content (AvgIpc) is 3.40. The molecule has 1 aliphatic rings. The molecule has 0 heterocycles. The Morgan fingerprint density at radius 1 is 0.972 bits per heavy atom. The number of hydrogen-bond acceptors (Lipinski definition) is 3. The molecule has 36 heavy (non-hydrogen) atoms. The molecule has 0 bridgehead atoms. The van der Waals surface area contributed by atoms with Gasteiger partial charge in [0.2, 0.25) is 0 Å². The highest BCUT2D eigenvalue weighted by Gasteiger charge is 2.31. The van der Waals surface area contributed by atoms with Crippen LogP contribution < -0.4 is 10.6 Å². The summed E-state index contributed by atoms with van der Waals surface area (Å²) in [5.41, 5.74) is 4.18. The fourth-order valence-corrected chi connectivity index (χ4v) is 5.43. The SMILES string of the molecule is Cc1ccc(NC(NC(=O)c2cccc(C(F)(F)F)c2)SCc2ccc(C3CCCC3)cc2)cc1C. The van der Waals surface area contributed by atoms with Gasteiger partial charge < -0.3 is 10.6 Å². The van der Waals surface area contributed by atoms with E-state index in [1.165, 1.54) is 55.1 Å². The summed E-state index contributed by atoms with van der Waals surface area (Å²) in [5.74, 6) is 0.722. The van der Waals surface area contributed by atoms with Crippen LogP contribution in [0.3, 0.4) is 0 Å². The standard InChI is InChI=1S/C29H31F3N2OS/c1-19-10-15-26(16-20(19)2)33-28(34-27(35)24-8-5-9-25(17-24)29(30,31)32)36-18-21-11-13-23(14-12-21)22-6-3-4-7-22/h5,8-17,22,28,33H,3-4,6-7,18H2,1-2H3,(H,34,35). The zero-order valence-electron chi connectivity index (χ0n) is 20.5. The molecule has 1 saturated carbocycles. The lowest BCUT2D eigenvalue weighted by Gasteiger charge is -2.22. The van der Waals surface area contributed by atoms with Crippen LogP contribution >= 0.6 is 11.8 Å². The second-order valence-corrected chi connectivity index (χ2v) is 10.5. The molecule has 3 aromatic carbocycles. The molecule has 0 aliphatic heterocycles. The molecule has 1 unspecified atom stereocenters. The molecule has 0 aromatic heterocycles. The van der Waals surface area contributed by atoms with E-state index in [9.17, 15) is 18.0 Å². The molecule has 1 amide bonds. The molecule has 0 saturated heterocycles. The first-order valence-corrected chi connectivity index (χ1v) is 13.3. The fourth-order valence-electron chi connectivity index (χ4n) is 4.47. The van der Waals surface area contributed by atoms with Crippen LogP contribution in [0.1, 0.15) is 69.8 Å². The van der Waals surface area contributed by atoms with E-state index >= 15 is 0 Å². The van der Waals surface area contributed by atoms with Gasteiger partial charge in [0.25, 0.3) is 5.91 Å². The Labute approximate surface area is 214 Å². The van der Waals surface area contributed by atoms with Gasteiger partial charge in [-0.2, -0.15) is 13.2 Å². The van der Waals surface area contributed by atoms with Crippen molar-refractivity contribution in [3.05, 3.63) is 100 Å². The van der Waals surface area contributed by atoms with Crippen LogP contribution in [-0.2, 0) is 11.9 Å². The normalized spacial score (nSPS) is 15.0. The van der Waals surface area contributed by atoms with Gasteiger partial charge in [-0.1, -0.05) is 49.2 Å². The minimum Gasteiger partial charge on any atom is -0.357 e. The molecule has 1 aliphatic carbocycles. The van der Waals surface area contributed by atoms with Crippen molar-refractivity contribution in [2.24, 2.45) is 0 Å². The summed E-state index contributed by atoms with van der Waals surface area (Å²) in [4.78, 5) is 12.9. The van der Waals surface area contributed by atoms with Crippen molar-refractivity contribution in [3.8, 4) is 0 Å². The predicted octanol–water partition coefficient (Wildman–Crippen LogP) is 8.04. The second kappa shape index (κ2) is 11.4. The third-order valence-electron chi connectivity index (χ3n) is 6.74. The van der Waals surface area contributed by atoms with E-state index in [0.29, 0.717) is 11.7 Å². The van der Waals surface area contributed by atoms with E-state index in [-0.39, 0.29) is 5.56 Å². The van der Waals surface area contributed by atoms with Crippen LogP contribution in [0.5, 0.6) is 0 Å². The second-order valence-electron chi connectivity index (χ2n) is 9.41. The van der Waals surface area contributed by atoms with Gasteiger partial charge in [-0.25, -0.2) is 0 Å². The maximum atomic E-state index is 13.1. The number of hydrogen-bond donors (Lipinski definition) is 2. The van der Waals surface area contributed by atoms with Crippen LogP contribution in [0.15, 0.2) is 66.7 Å². The van der Waals surface area contributed by atoms with Crippen LogP contribution in [0.25, 0.3) is 0 Å². The van der Waals surface area contributed by atoms with Crippen molar-refractivity contribution in [2.75, 3.05) is 5.32 Å². The third kappa shape index (κ3) is 6.84. The lowest BCUT2D eigenvalue weighted by atomic mass is 9.97. The summed E-state index contributed by atoms with van der Waals surface area (Å²) in [7, 11) is 0. The highest BCUT2D eigenvalue weighted by molar-refractivity contribution is 7.99. The number of aryl methyl sites for hydroxylation is 2. The first-order valence-electron chi connectivity index (χ1n) is 12.2. The van der Waals surface area contributed by atoms with Crippen LogP contribution in [0.2, 0.25) is 0 Å². The number of rotatable bonds is 8. The highest BCUT2D eigenvalue weighted by atomic mass is 32.2. The Balaban J connectivity index is 1.48. The highest BCUT2D eigenvalue weighted by Crippen LogP contribution is 2.34. The van der Waals surface area contributed by atoms with E-state index in [0.717, 1.165) is 34.5 Å². The molecule has 190 valence electrons. The number of halogens is 3. The molecule has 3 nitrogen and oxygen atoms in total. The number of benzene rings is 3. The maximum absolute atomic E-state index is 13.1. The predicted molar refractivity (Wildman–Crippen MR) is 141 cm³/mol. The van der Waals surface area contributed by atoms with Gasteiger partial charge in [-0.3, -0.25) is 4.79 Å². The maximum Gasteiger partial charge on any atom is 0.416 e. The Bertz CT molecular complexity index is 1190. The van der Waals surface area contributed by atoms with E-state index in [2.05, 4.69) is 34.9 Å². The van der Waals surface area contributed by atoms with Gasteiger partial charge in [-0.15, -0.1) is 11.8 Å². The van der Waals surface area contributed by atoms with E-state index < -0.39 is 23.1 Å². The van der Waals surface area contributed by atoms with Crippen LogP contribution in [0.4, 0.5) is 18.9 Å². The molecule has 1 atom stereocenters. The van der Waals surface area contributed by atoms with Crippen molar-refractivity contribution < 1.29 is 18.0 Å². The molecule has 0 spiro atoms. The van der Waals surface area contributed by atoms with Gasteiger partial charge in [-0.05, 0) is 85.2 Å². The summed E-state index contributed by atoms with van der Waals surface area (Å²) < 4.78 is 39.4. The van der Waals surface area contributed by atoms with Gasteiger partial charge in [0, 0.05) is 17.0 Å². The van der Waals surface area contributed by atoms with Crippen molar-refractivity contribution in [1.82, 2.24) is 5.32 Å². The molecule has 4 rings (SSSR count). The number of alkyl halides is 3. The smallest absolute Gasteiger partial charge is 0.357 e. The minimum atomic E-state index is -4.51. The van der Waals surface area contributed by atoms with Crippen molar-refractivity contribution >= 4 is 23.4 Å². The Morgan fingerprint density at radius 3 is 2.36 bits per heavy atom. The molecule has 7 heteroatoms. The number of thioether (sulfide) groups is 1. The lowest BCUT2D eigenvalue weighted by Crippen LogP contribution is -2.38. The monoisotopic (exact) mass is 512 g/mol. The summed E-state index contributed by atoms with van der Waals surface area (Å²) in [6, 6.07) is 19.1. The van der Waals surface area contributed by atoms with Crippen molar-refractivity contribution in [2.45, 2.75) is 62.9 Å². The number of amides is 1. The van der Waals surface area contributed by atoms with Crippen LogP contribution in [-0.4, -0.2) is 11.4 Å². The molecule has 3 aromatic rings. The fraction of sp³-hybridized carbons (Fsp3) is 0.345. The van der Waals surface area contributed by atoms with Gasteiger partial charge >= 0.3 is 6.18 Å². The first-order chi connectivity index (χ1) is 17.2. The number of anilines is 1. The molecule has 2 N–H and O–H groups in total. The van der Waals surface area contributed by atoms with Crippen molar-refractivity contribution in [1.29, 1.82) is 0 Å². The average molecular weight is 513 g/mol. The first kappa shape index (κ1) is 26.1. The molecule has 1 fully saturated rings. The van der Waals surface area contributed by atoms with E-state index in [1.54, 1.807) is 0 Å². The minimum absolute atomic E-state index is 0.0294. The lowest BCUT2D eigenvalue weighted by molar-refractivity contribution is -0.137. The van der Waals surface area contributed by atoms with Gasteiger partial charge in [0.15, 0.2) is 0 Å². The quantitative estimate of drug-likeness (QED) is 0.300. The zero-order chi connectivity index (χ0) is 25.7. The number of carbonyl (C=O) groups is 1. The van der Waals surface area contributed by atoms with Gasteiger partial charge in [0.05, 0.1) is 5.56 Å². The molecular formula is C29H31F3N2OS. The van der Waals surface area contributed by atoms with Crippen LogP contribution in [0, 0.1) is 13.8 Å². The summed E-state index contributed by atoms with van der Waals surface area (Å²) in [6.45, 7) is 4.03. The number of nitrogens with one attached hydrogen (secondary N) is 2. The number of carbonyl (C=O) groups excluding carboxylic acids is 1. The third-order valence-corrected chi connectivity index (χ3v) is 7.81. The Hall–Kier alpha value is -2.93. The van der Waals surface area contributed by atoms with Crippen molar-refractivity contribution in [3.63, 3.8) is 0 Å². The molecular weight excluding hydrogens is 481 g/mol. The van der Waals surface area contributed by atoms with E-state index in [4.69, 9.17) is 0 Å². The summed E-state index contributed by atoms with van der Waals surface area (Å²) in [6.07, 6.45) is 0.571.